The predicted octanol–water partition coefficient (Wildman–Crippen LogP) is 1.62. The van der Waals surface area contributed by atoms with Gasteiger partial charge in [-0.05, 0) is 6.07 Å². The Morgan fingerprint density at radius 1 is 1.40 bits per heavy atom. The first-order valence-electron chi connectivity index (χ1n) is 4.58. The maximum atomic E-state index is 8.59. The molecule has 4 nitrogen and oxygen atoms in total. The molecule has 0 aliphatic heterocycles. The number of nitrogens with zero attached hydrogens (tertiary/aromatic N) is 1. The summed E-state index contributed by atoms with van der Waals surface area (Å²) in [5, 5.41) is 8.59. The first-order valence-corrected chi connectivity index (χ1v) is 4.58. The molecule has 80 valence electrons. The van der Waals surface area contributed by atoms with Crippen molar-refractivity contribution in [3.63, 3.8) is 0 Å². The molecule has 0 fully saturated rings. The number of para-hydroxylation sites is 1. The number of hydrogen-bond donors (Lipinski definition) is 1. The van der Waals surface area contributed by atoms with E-state index in [9.17, 15) is 0 Å². The molecule has 1 aromatic rings. The highest BCUT2D eigenvalue weighted by molar-refractivity contribution is 5.48. The molecule has 0 saturated heterocycles. The summed E-state index contributed by atoms with van der Waals surface area (Å²) in [4.78, 5) is 0. The highest BCUT2D eigenvalue weighted by atomic mass is 16.5. The van der Waals surface area contributed by atoms with Crippen LogP contribution in [0.1, 0.15) is 18.0 Å². The number of nitrogens with two attached hydrogens (primary N) is 1. The molecular formula is C11H14N2O2. The van der Waals surface area contributed by atoms with Crippen molar-refractivity contribution in [3.8, 4) is 17.6 Å². The normalized spacial score (nSPS) is 11.6. The minimum Gasteiger partial charge on any atom is -0.493 e. The van der Waals surface area contributed by atoms with Crippen LogP contribution in [0.4, 0.5) is 0 Å². The van der Waals surface area contributed by atoms with Crippen molar-refractivity contribution < 1.29 is 9.47 Å². The summed E-state index contributed by atoms with van der Waals surface area (Å²) in [6.45, 7) is 0. The lowest BCUT2D eigenvalue weighted by Crippen LogP contribution is -2.11. The molecule has 1 atom stereocenters. The molecular weight excluding hydrogens is 192 g/mol. The van der Waals surface area contributed by atoms with Crippen LogP contribution in [0.5, 0.6) is 11.5 Å². The van der Waals surface area contributed by atoms with E-state index in [1.807, 2.05) is 18.2 Å². The van der Waals surface area contributed by atoms with Gasteiger partial charge in [0.05, 0.1) is 26.7 Å². The van der Waals surface area contributed by atoms with Crippen molar-refractivity contribution in [3.05, 3.63) is 23.8 Å². The predicted molar refractivity (Wildman–Crippen MR) is 56.7 cm³/mol. The van der Waals surface area contributed by atoms with Crippen LogP contribution in [0, 0.1) is 11.3 Å². The molecule has 1 aromatic carbocycles. The van der Waals surface area contributed by atoms with E-state index in [4.69, 9.17) is 20.5 Å². The minimum atomic E-state index is -0.347. The third-order valence-corrected chi connectivity index (χ3v) is 2.14. The van der Waals surface area contributed by atoms with Gasteiger partial charge in [-0.2, -0.15) is 5.26 Å². The number of hydrogen-bond acceptors (Lipinski definition) is 4. The lowest BCUT2D eigenvalue weighted by Gasteiger charge is -2.15. The maximum Gasteiger partial charge on any atom is 0.165 e. The van der Waals surface area contributed by atoms with Crippen LogP contribution in [0.3, 0.4) is 0 Å². The van der Waals surface area contributed by atoms with Crippen LogP contribution in [0.15, 0.2) is 18.2 Å². The summed E-state index contributed by atoms with van der Waals surface area (Å²) in [6.07, 6.45) is 0.253. The molecule has 0 aliphatic carbocycles. The summed E-state index contributed by atoms with van der Waals surface area (Å²) >= 11 is 0. The molecule has 0 radical (unpaired) electrons. The molecule has 2 N–H and O–H groups in total. The Bertz CT molecular complexity index is 371. The summed E-state index contributed by atoms with van der Waals surface area (Å²) < 4.78 is 10.4. The number of benzene rings is 1. The number of rotatable bonds is 4. The van der Waals surface area contributed by atoms with Crippen molar-refractivity contribution in [1.82, 2.24) is 0 Å². The van der Waals surface area contributed by atoms with Gasteiger partial charge in [0.15, 0.2) is 11.5 Å². The molecule has 0 heterocycles. The molecule has 0 unspecified atom stereocenters. The Balaban J connectivity index is 3.12. The van der Waals surface area contributed by atoms with E-state index in [2.05, 4.69) is 0 Å². The smallest absolute Gasteiger partial charge is 0.165 e. The van der Waals surface area contributed by atoms with Gasteiger partial charge in [0.25, 0.3) is 0 Å². The van der Waals surface area contributed by atoms with E-state index in [0.29, 0.717) is 11.5 Å². The van der Waals surface area contributed by atoms with Crippen molar-refractivity contribution in [2.45, 2.75) is 12.5 Å². The quantitative estimate of drug-likeness (QED) is 0.812. The first-order chi connectivity index (χ1) is 7.24. The zero-order chi connectivity index (χ0) is 11.3. The van der Waals surface area contributed by atoms with Crippen molar-refractivity contribution in [2.75, 3.05) is 14.2 Å². The average molecular weight is 206 g/mol. The van der Waals surface area contributed by atoms with Gasteiger partial charge in [-0.3, -0.25) is 0 Å². The van der Waals surface area contributed by atoms with Gasteiger partial charge in [0, 0.05) is 11.6 Å². The summed E-state index contributed by atoms with van der Waals surface area (Å²) in [7, 11) is 3.12. The fourth-order valence-electron chi connectivity index (χ4n) is 1.41. The van der Waals surface area contributed by atoms with Crippen LogP contribution in [0.25, 0.3) is 0 Å². The second kappa shape index (κ2) is 5.23. The third-order valence-electron chi connectivity index (χ3n) is 2.14. The van der Waals surface area contributed by atoms with E-state index < -0.39 is 0 Å². The molecule has 0 spiro atoms. The Kier molecular flexibility index (Phi) is 3.95. The number of ether oxygens (including phenoxy) is 2. The maximum absolute atomic E-state index is 8.59. The van der Waals surface area contributed by atoms with E-state index in [-0.39, 0.29) is 12.5 Å². The molecule has 0 saturated carbocycles. The van der Waals surface area contributed by atoms with E-state index >= 15 is 0 Å². The fraction of sp³-hybridized carbons (Fsp3) is 0.364. The average Bonchev–Trinajstić information content (AvgIpc) is 2.28. The van der Waals surface area contributed by atoms with Gasteiger partial charge >= 0.3 is 0 Å². The minimum absolute atomic E-state index is 0.253. The topological polar surface area (TPSA) is 68.3 Å². The molecule has 0 bridgehead atoms. The Hall–Kier alpha value is -1.73. The number of methoxy groups -OCH3 is 2. The molecule has 0 amide bonds. The lowest BCUT2D eigenvalue weighted by atomic mass is 10.0. The van der Waals surface area contributed by atoms with Gasteiger partial charge in [-0.1, -0.05) is 12.1 Å². The van der Waals surface area contributed by atoms with Gasteiger partial charge in [0.1, 0.15) is 0 Å². The lowest BCUT2D eigenvalue weighted by molar-refractivity contribution is 0.349. The van der Waals surface area contributed by atoms with E-state index in [0.717, 1.165) is 5.56 Å². The molecule has 0 aromatic heterocycles. The van der Waals surface area contributed by atoms with Crippen LogP contribution in [-0.2, 0) is 0 Å². The van der Waals surface area contributed by atoms with Crippen molar-refractivity contribution in [1.29, 1.82) is 5.26 Å². The third kappa shape index (κ3) is 2.39. The molecule has 1 rings (SSSR count). The zero-order valence-corrected chi connectivity index (χ0v) is 8.86. The molecule has 4 heteroatoms. The largest absolute Gasteiger partial charge is 0.493 e. The number of nitriles is 1. The van der Waals surface area contributed by atoms with Crippen LogP contribution in [-0.4, -0.2) is 14.2 Å². The van der Waals surface area contributed by atoms with E-state index in [1.165, 1.54) is 0 Å². The molecule has 0 aliphatic rings. The highest BCUT2D eigenvalue weighted by Crippen LogP contribution is 2.34. The first kappa shape index (κ1) is 11.3. The van der Waals surface area contributed by atoms with Gasteiger partial charge in [-0.25, -0.2) is 0 Å². The second-order valence-electron chi connectivity index (χ2n) is 3.05. The monoisotopic (exact) mass is 206 g/mol. The summed E-state index contributed by atoms with van der Waals surface area (Å²) in [5.74, 6) is 1.23. The SMILES string of the molecule is COc1cccc([C@H](N)CC#N)c1OC. The van der Waals surface area contributed by atoms with Crippen molar-refractivity contribution in [2.24, 2.45) is 5.73 Å². The van der Waals surface area contributed by atoms with Gasteiger partial charge in [0.2, 0.25) is 0 Å². The van der Waals surface area contributed by atoms with E-state index in [1.54, 1.807) is 20.3 Å². The Labute approximate surface area is 89.2 Å². The zero-order valence-electron chi connectivity index (χ0n) is 8.86. The fourth-order valence-corrected chi connectivity index (χ4v) is 1.41. The van der Waals surface area contributed by atoms with Crippen LogP contribution < -0.4 is 15.2 Å². The Morgan fingerprint density at radius 2 is 2.13 bits per heavy atom. The molecule has 15 heavy (non-hydrogen) atoms. The summed E-state index contributed by atoms with van der Waals surface area (Å²) in [5.41, 5.74) is 6.64. The second-order valence-corrected chi connectivity index (χ2v) is 3.05. The Morgan fingerprint density at radius 3 is 2.67 bits per heavy atom. The van der Waals surface area contributed by atoms with Crippen LogP contribution >= 0.6 is 0 Å². The van der Waals surface area contributed by atoms with Gasteiger partial charge < -0.3 is 15.2 Å². The van der Waals surface area contributed by atoms with Crippen molar-refractivity contribution >= 4 is 0 Å². The highest BCUT2D eigenvalue weighted by Gasteiger charge is 2.15. The van der Waals surface area contributed by atoms with Crippen LogP contribution in [0.2, 0.25) is 0 Å². The summed E-state index contributed by atoms with van der Waals surface area (Å²) in [6, 6.07) is 7.14. The standard InChI is InChI=1S/C11H14N2O2/c1-14-10-5-3-4-8(11(10)15-2)9(13)6-7-12/h3-5,9H,6,13H2,1-2H3/t9-/m1/s1. The van der Waals surface area contributed by atoms with Gasteiger partial charge in [-0.15, -0.1) is 0 Å².